The van der Waals surface area contributed by atoms with Gasteiger partial charge in [0.2, 0.25) is 0 Å². The molecule has 0 radical (unpaired) electrons. The molecule has 1 atom stereocenters. The number of nitrogens with zero attached hydrogens (tertiary/aromatic N) is 2. The highest BCUT2D eigenvalue weighted by atomic mass is 15.6. The van der Waals surface area contributed by atoms with Crippen LogP contribution in [0, 0.1) is 0 Å². The summed E-state index contributed by atoms with van der Waals surface area (Å²) in [6, 6.07) is 0.680. The van der Waals surface area contributed by atoms with Gasteiger partial charge in [0.1, 0.15) is 31.2 Å². The van der Waals surface area contributed by atoms with Gasteiger partial charge in [0.05, 0.1) is 0 Å². The molecule has 0 aromatic rings. The number of quaternary nitrogens is 1. The largest absolute Gasteiger partial charge is 0.377 e. The van der Waals surface area contributed by atoms with Gasteiger partial charge in [-0.05, 0) is 26.2 Å². The van der Waals surface area contributed by atoms with Crippen LogP contribution >= 0.6 is 0 Å². The summed E-state index contributed by atoms with van der Waals surface area (Å²) < 4.78 is 0.783. The molecule has 2 rings (SSSR count). The van der Waals surface area contributed by atoms with E-state index in [0.717, 1.165) is 17.7 Å². The molecule has 1 N–H and O–H groups in total. The number of hydrogen-bond donors (Lipinski definition) is 1. The van der Waals surface area contributed by atoms with E-state index in [0.29, 0.717) is 6.04 Å². The van der Waals surface area contributed by atoms with E-state index in [9.17, 15) is 0 Å². The summed E-state index contributed by atoms with van der Waals surface area (Å²) in [6.45, 7) is 6.61. The summed E-state index contributed by atoms with van der Waals surface area (Å²) in [6.07, 6.45) is 12.3. The first-order valence-electron chi connectivity index (χ1n) is 7.20. The highest BCUT2D eigenvalue weighted by molar-refractivity contribution is 5.78. The molecule has 96 valence electrons. The van der Waals surface area contributed by atoms with E-state index in [1.807, 2.05) is 6.21 Å². The van der Waals surface area contributed by atoms with Crippen LogP contribution in [-0.4, -0.2) is 29.9 Å². The molecule has 1 fully saturated rings. The summed E-state index contributed by atoms with van der Waals surface area (Å²) in [5.74, 6) is 0. The van der Waals surface area contributed by atoms with Crippen molar-refractivity contribution in [3.05, 3.63) is 11.9 Å². The maximum Gasteiger partial charge on any atom is 0.148 e. The second-order valence-corrected chi connectivity index (χ2v) is 5.34. The van der Waals surface area contributed by atoms with E-state index in [1.165, 1.54) is 44.2 Å². The monoisotopic (exact) mass is 236 g/mol. The summed E-state index contributed by atoms with van der Waals surface area (Å²) in [4.78, 5) is 0. The fourth-order valence-electron chi connectivity index (χ4n) is 2.90. The first-order valence-corrected chi connectivity index (χ1v) is 7.20. The van der Waals surface area contributed by atoms with E-state index >= 15 is 0 Å². The predicted octanol–water partition coefficient (Wildman–Crippen LogP) is 3.00. The van der Waals surface area contributed by atoms with Crippen molar-refractivity contribution in [2.24, 2.45) is 5.10 Å². The molecule has 1 aliphatic carbocycles. The van der Waals surface area contributed by atoms with Gasteiger partial charge in [-0.3, -0.25) is 0 Å². The maximum absolute atomic E-state index is 4.68. The van der Waals surface area contributed by atoms with Crippen LogP contribution in [0.2, 0.25) is 0 Å². The maximum atomic E-state index is 4.68. The van der Waals surface area contributed by atoms with E-state index < -0.39 is 0 Å². The molecule has 0 amide bonds. The Morgan fingerprint density at radius 1 is 1.29 bits per heavy atom. The lowest BCUT2D eigenvalue weighted by atomic mass is 9.95. The number of nitrogens with one attached hydrogen (secondary N) is 1. The first kappa shape index (κ1) is 12.6. The fourth-order valence-corrected chi connectivity index (χ4v) is 2.90. The topological polar surface area (TPSA) is 24.4 Å². The Labute approximate surface area is 105 Å². The Kier molecular flexibility index (Phi) is 4.21. The van der Waals surface area contributed by atoms with Gasteiger partial charge in [0.15, 0.2) is 0 Å². The fraction of sp³-hybridized carbons (Fsp3) is 0.786. The molecule has 0 bridgehead atoms. The third kappa shape index (κ3) is 3.09. The molecule has 1 unspecified atom stereocenters. The summed E-state index contributed by atoms with van der Waals surface area (Å²) in [5.41, 5.74) is 1.24. The van der Waals surface area contributed by atoms with Gasteiger partial charge in [-0.1, -0.05) is 31.3 Å². The molecule has 1 saturated carbocycles. The van der Waals surface area contributed by atoms with Crippen LogP contribution in [-0.2, 0) is 0 Å². The van der Waals surface area contributed by atoms with Gasteiger partial charge in [-0.2, -0.15) is 4.59 Å². The van der Waals surface area contributed by atoms with Crippen molar-refractivity contribution in [3.8, 4) is 0 Å². The molecule has 3 heteroatoms. The zero-order chi connectivity index (χ0) is 12.1. The van der Waals surface area contributed by atoms with Gasteiger partial charge in [-0.25, -0.2) is 0 Å². The standard InChI is InChI=1S/C14H26N3/c1-3-10-17(4-2)12-14(11-15-17)16-13-8-6-5-7-9-13/h11-13,16H,3-10H2,1-2H3/q+1. The molecule has 0 saturated heterocycles. The van der Waals surface area contributed by atoms with Crippen LogP contribution in [0.15, 0.2) is 17.0 Å². The zero-order valence-electron chi connectivity index (χ0n) is 11.3. The molecule has 0 aromatic heterocycles. The van der Waals surface area contributed by atoms with Crippen LogP contribution in [0.25, 0.3) is 0 Å². The van der Waals surface area contributed by atoms with Gasteiger partial charge < -0.3 is 5.32 Å². The Hall–Kier alpha value is -0.830. The van der Waals surface area contributed by atoms with Crippen molar-refractivity contribution in [2.45, 2.75) is 58.4 Å². The van der Waals surface area contributed by atoms with Crippen LogP contribution in [0.4, 0.5) is 0 Å². The van der Waals surface area contributed by atoms with Crippen LogP contribution in [0.3, 0.4) is 0 Å². The lowest BCUT2D eigenvalue weighted by Crippen LogP contribution is -2.36. The zero-order valence-corrected chi connectivity index (χ0v) is 11.3. The lowest BCUT2D eigenvalue weighted by molar-refractivity contribution is -0.882. The quantitative estimate of drug-likeness (QED) is 0.729. The Morgan fingerprint density at radius 3 is 2.71 bits per heavy atom. The van der Waals surface area contributed by atoms with E-state index in [1.54, 1.807) is 0 Å². The molecule has 17 heavy (non-hydrogen) atoms. The third-order valence-corrected chi connectivity index (χ3v) is 3.94. The third-order valence-electron chi connectivity index (χ3n) is 3.94. The minimum Gasteiger partial charge on any atom is -0.377 e. The SMILES string of the molecule is CCC[N+]1(CC)C=C(NC2CCCCC2)C=N1. The molecule has 2 aliphatic rings. The number of allylic oxidation sites excluding steroid dienone is 1. The van der Waals surface area contributed by atoms with Gasteiger partial charge >= 0.3 is 0 Å². The van der Waals surface area contributed by atoms with Crippen molar-refractivity contribution in [1.29, 1.82) is 0 Å². The second kappa shape index (κ2) is 5.67. The first-order chi connectivity index (χ1) is 8.28. The smallest absolute Gasteiger partial charge is 0.148 e. The Balaban J connectivity index is 1.93. The van der Waals surface area contributed by atoms with E-state index in [4.69, 9.17) is 0 Å². The molecular formula is C14H26N3+. The van der Waals surface area contributed by atoms with Crippen molar-refractivity contribution < 1.29 is 4.59 Å². The van der Waals surface area contributed by atoms with Crippen molar-refractivity contribution >= 4 is 6.21 Å². The second-order valence-electron chi connectivity index (χ2n) is 5.34. The highest BCUT2D eigenvalue weighted by Crippen LogP contribution is 2.21. The minimum absolute atomic E-state index is 0.680. The van der Waals surface area contributed by atoms with Gasteiger partial charge in [0, 0.05) is 6.04 Å². The van der Waals surface area contributed by atoms with E-state index in [-0.39, 0.29) is 0 Å². The Bertz CT molecular complexity index is 303. The molecule has 3 nitrogen and oxygen atoms in total. The Morgan fingerprint density at radius 2 is 2.06 bits per heavy atom. The van der Waals surface area contributed by atoms with Crippen LogP contribution in [0.1, 0.15) is 52.4 Å². The van der Waals surface area contributed by atoms with Crippen LogP contribution in [0.5, 0.6) is 0 Å². The predicted molar refractivity (Wildman–Crippen MR) is 72.5 cm³/mol. The molecule has 1 aliphatic heterocycles. The van der Waals surface area contributed by atoms with Crippen molar-refractivity contribution in [1.82, 2.24) is 5.32 Å². The van der Waals surface area contributed by atoms with Crippen molar-refractivity contribution in [3.63, 3.8) is 0 Å². The molecule has 0 spiro atoms. The minimum atomic E-state index is 0.680. The summed E-state index contributed by atoms with van der Waals surface area (Å²) in [7, 11) is 0. The number of rotatable bonds is 5. The van der Waals surface area contributed by atoms with Gasteiger partial charge in [0.25, 0.3) is 0 Å². The molecule has 1 heterocycles. The van der Waals surface area contributed by atoms with Crippen molar-refractivity contribution in [2.75, 3.05) is 13.1 Å². The summed E-state index contributed by atoms with van der Waals surface area (Å²) in [5, 5.41) is 8.34. The van der Waals surface area contributed by atoms with Crippen LogP contribution < -0.4 is 5.32 Å². The number of hydrogen-bond acceptors (Lipinski definition) is 2. The molecule has 0 aromatic carbocycles. The average Bonchev–Trinajstić information content (AvgIpc) is 2.75. The lowest BCUT2D eigenvalue weighted by Gasteiger charge is -2.25. The normalized spacial score (nSPS) is 29.4. The molecular weight excluding hydrogens is 210 g/mol. The highest BCUT2D eigenvalue weighted by Gasteiger charge is 2.28. The van der Waals surface area contributed by atoms with Gasteiger partial charge in [-0.15, -0.1) is 0 Å². The van der Waals surface area contributed by atoms with E-state index in [2.05, 4.69) is 30.5 Å². The summed E-state index contributed by atoms with van der Waals surface area (Å²) >= 11 is 0. The average molecular weight is 236 g/mol.